The number of aldehydes is 1. The van der Waals surface area contributed by atoms with Gasteiger partial charge in [-0.2, -0.15) is 0 Å². The predicted molar refractivity (Wildman–Crippen MR) is 129 cm³/mol. The quantitative estimate of drug-likeness (QED) is 0.233. The zero-order valence-electron chi connectivity index (χ0n) is 18.7. The number of anilines is 2. The molecule has 0 unspecified atom stereocenters. The van der Waals surface area contributed by atoms with Gasteiger partial charge in [0.25, 0.3) is 0 Å². The van der Waals surface area contributed by atoms with Crippen molar-refractivity contribution in [3.8, 4) is 11.4 Å². The summed E-state index contributed by atoms with van der Waals surface area (Å²) in [5.41, 5.74) is 9.74. The number of imidazole rings is 1. The maximum Gasteiger partial charge on any atom is 0.150 e. The second-order valence-corrected chi connectivity index (χ2v) is 6.72. The molecule has 4 rings (SSSR count). The minimum absolute atomic E-state index is 0.633. The Morgan fingerprint density at radius 2 is 1.58 bits per heavy atom. The number of aromatic nitrogens is 2. The fraction of sp³-hybridized carbons (Fsp3) is 0.200. The molecule has 0 aliphatic heterocycles. The number of carbonyl (C=O) groups is 1. The van der Waals surface area contributed by atoms with E-state index in [2.05, 4.69) is 20.8 Å². The van der Waals surface area contributed by atoms with Crippen LogP contribution in [0.15, 0.2) is 60.7 Å². The number of nitrogens with zero attached hydrogens (tertiary/aromatic N) is 1. The van der Waals surface area contributed by atoms with E-state index in [-0.39, 0.29) is 0 Å². The molecule has 6 heteroatoms. The minimum Gasteiger partial charge on any atom is -0.388 e. The molecular formula is C25H30N4O2. The van der Waals surface area contributed by atoms with E-state index in [1.54, 1.807) is 6.07 Å². The molecule has 4 aromatic rings. The maximum atomic E-state index is 10.3. The molecule has 1 aromatic heterocycles. The molecule has 0 fully saturated rings. The van der Waals surface area contributed by atoms with Gasteiger partial charge >= 0.3 is 0 Å². The van der Waals surface area contributed by atoms with Crippen LogP contribution < -0.4 is 10.8 Å². The van der Waals surface area contributed by atoms with E-state index in [9.17, 15) is 4.79 Å². The standard InChI is InChI=1S/C14H14N4O.C9H10O.C2H6/c1-15-10-4-2-9(3-5-10)14-16-12-7-6-11(18-19)8-13(12)17-14;1-7-3-4-9(6-10)5-8(7)2;1-2/h2-8,15,18-19H,1H3,(H,16,17);3-6H,1-2H3;1-2H3. The molecule has 0 spiro atoms. The number of carbonyl (C=O) groups excluding carboxylic acids is 1. The third-order valence-electron chi connectivity index (χ3n) is 4.73. The summed E-state index contributed by atoms with van der Waals surface area (Å²) < 4.78 is 0. The summed E-state index contributed by atoms with van der Waals surface area (Å²) in [6.07, 6.45) is 0.867. The normalized spacial score (nSPS) is 9.74. The van der Waals surface area contributed by atoms with Gasteiger partial charge in [-0.25, -0.2) is 4.98 Å². The van der Waals surface area contributed by atoms with Crippen molar-refractivity contribution in [2.24, 2.45) is 0 Å². The Bertz CT molecular complexity index is 1120. The first-order chi connectivity index (χ1) is 15.0. The van der Waals surface area contributed by atoms with E-state index >= 15 is 0 Å². The number of nitrogens with one attached hydrogen (secondary N) is 3. The molecule has 0 aliphatic carbocycles. The molecule has 4 N–H and O–H groups in total. The summed E-state index contributed by atoms with van der Waals surface area (Å²) >= 11 is 0. The summed E-state index contributed by atoms with van der Waals surface area (Å²) in [6, 6.07) is 19.1. The van der Waals surface area contributed by atoms with Crippen LogP contribution in [0.3, 0.4) is 0 Å². The van der Waals surface area contributed by atoms with Crippen LogP contribution in [-0.2, 0) is 0 Å². The van der Waals surface area contributed by atoms with Gasteiger partial charge in [0.15, 0.2) is 0 Å². The average Bonchev–Trinajstić information content (AvgIpc) is 3.26. The first kappa shape index (κ1) is 23.6. The Labute approximate surface area is 183 Å². The van der Waals surface area contributed by atoms with Crippen LogP contribution in [0.5, 0.6) is 0 Å². The molecule has 0 radical (unpaired) electrons. The van der Waals surface area contributed by atoms with Crippen molar-refractivity contribution in [1.29, 1.82) is 0 Å². The van der Waals surface area contributed by atoms with E-state index in [4.69, 9.17) is 5.21 Å². The van der Waals surface area contributed by atoms with Crippen LogP contribution in [0.4, 0.5) is 11.4 Å². The van der Waals surface area contributed by atoms with Gasteiger partial charge in [-0.05, 0) is 73.5 Å². The molecule has 6 nitrogen and oxygen atoms in total. The molecule has 162 valence electrons. The SMILES string of the molecule is CC.CNc1ccc(-c2nc3ccc(NO)cc3[nH]2)cc1.Cc1ccc(C=O)cc1C. The molecule has 3 aromatic carbocycles. The second-order valence-electron chi connectivity index (χ2n) is 6.72. The summed E-state index contributed by atoms with van der Waals surface area (Å²) in [6.45, 7) is 8.03. The van der Waals surface area contributed by atoms with Crippen molar-refractivity contribution < 1.29 is 10.0 Å². The van der Waals surface area contributed by atoms with Crippen molar-refractivity contribution in [3.05, 3.63) is 77.4 Å². The van der Waals surface area contributed by atoms with Crippen molar-refractivity contribution in [2.75, 3.05) is 17.8 Å². The van der Waals surface area contributed by atoms with Gasteiger partial charge in [0.2, 0.25) is 0 Å². The summed E-state index contributed by atoms with van der Waals surface area (Å²) in [4.78, 5) is 18.0. The Balaban J connectivity index is 0.000000241. The van der Waals surface area contributed by atoms with Crippen molar-refractivity contribution >= 4 is 28.7 Å². The highest BCUT2D eigenvalue weighted by atomic mass is 16.5. The number of fused-ring (bicyclic) bond motifs is 1. The molecule has 0 bridgehead atoms. The number of benzene rings is 3. The lowest BCUT2D eigenvalue weighted by molar-refractivity contribution is 0.112. The zero-order chi connectivity index (χ0) is 22.8. The largest absolute Gasteiger partial charge is 0.388 e. The van der Waals surface area contributed by atoms with Crippen LogP contribution in [0, 0.1) is 13.8 Å². The topological polar surface area (TPSA) is 90.0 Å². The Morgan fingerprint density at radius 1 is 0.903 bits per heavy atom. The molecule has 0 saturated carbocycles. The lowest BCUT2D eigenvalue weighted by atomic mass is 10.1. The van der Waals surface area contributed by atoms with Gasteiger partial charge in [-0.15, -0.1) is 0 Å². The highest BCUT2D eigenvalue weighted by molar-refractivity contribution is 5.82. The molecule has 31 heavy (non-hydrogen) atoms. The van der Waals surface area contributed by atoms with Crippen molar-refractivity contribution in [2.45, 2.75) is 27.7 Å². The number of aryl methyl sites for hydroxylation is 2. The fourth-order valence-electron chi connectivity index (χ4n) is 2.85. The molecule has 0 atom stereocenters. The number of rotatable bonds is 4. The summed E-state index contributed by atoms with van der Waals surface area (Å²) in [5, 5.41) is 12.0. The Morgan fingerprint density at radius 3 is 2.16 bits per heavy atom. The fourth-order valence-corrected chi connectivity index (χ4v) is 2.85. The van der Waals surface area contributed by atoms with E-state index in [0.29, 0.717) is 5.69 Å². The van der Waals surface area contributed by atoms with Gasteiger partial charge in [0, 0.05) is 23.9 Å². The number of aromatic amines is 1. The Hall–Kier alpha value is -3.64. The van der Waals surface area contributed by atoms with E-state index in [1.165, 1.54) is 11.1 Å². The highest BCUT2D eigenvalue weighted by Crippen LogP contribution is 2.23. The summed E-state index contributed by atoms with van der Waals surface area (Å²) in [5.74, 6) is 0.813. The lowest BCUT2D eigenvalue weighted by Gasteiger charge is -2.00. The van der Waals surface area contributed by atoms with Crippen LogP contribution >= 0.6 is 0 Å². The average molecular weight is 419 g/mol. The van der Waals surface area contributed by atoms with Crippen molar-refractivity contribution in [1.82, 2.24) is 9.97 Å². The van der Waals surface area contributed by atoms with Gasteiger partial charge < -0.3 is 10.3 Å². The zero-order valence-corrected chi connectivity index (χ0v) is 18.7. The first-order valence-electron chi connectivity index (χ1n) is 10.2. The first-order valence-corrected chi connectivity index (χ1v) is 10.2. The van der Waals surface area contributed by atoms with Crippen LogP contribution in [0.25, 0.3) is 22.4 Å². The number of hydrogen-bond acceptors (Lipinski definition) is 5. The smallest absolute Gasteiger partial charge is 0.150 e. The van der Waals surface area contributed by atoms with Gasteiger partial charge in [0.1, 0.15) is 12.1 Å². The third-order valence-corrected chi connectivity index (χ3v) is 4.73. The highest BCUT2D eigenvalue weighted by Gasteiger charge is 2.05. The lowest BCUT2D eigenvalue weighted by Crippen LogP contribution is -1.87. The second kappa shape index (κ2) is 11.5. The molecular weight excluding hydrogens is 388 g/mol. The number of H-pyrrole nitrogens is 1. The van der Waals surface area contributed by atoms with Gasteiger partial charge in [-0.3, -0.25) is 15.5 Å². The molecule has 0 aliphatic rings. The van der Waals surface area contributed by atoms with E-state index in [1.807, 2.05) is 89.3 Å². The monoisotopic (exact) mass is 418 g/mol. The van der Waals surface area contributed by atoms with Crippen LogP contribution in [0.2, 0.25) is 0 Å². The van der Waals surface area contributed by atoms with Crippen LogP contribution in [0.1, 0.15) is 35.3 Å². The molecule has 0 saturated heterocycles. The van der Waals surface area contributed by atoms with Crippen LogP contribution in [-0.4, -0.2) is 28.5 Å². The maximum absolute atomic E-state index is 10.3. The Kier molecular flexibility index (Phi) is 8.78. The predicted octanol–water partition coefficient (Wildman–Crippen LogP) is 6.21. The third kappa shape index (κ3) is 6.17. The molecule has 1 heterocycles. The molecule has 0 amide bonds. The van der Waals surface area contributed by atoms with E-state index < -0.39 is 0 Å². The van der Waals surface area contributed by atoms with Gasteiger partial charge in [-0.1, -0.05) is 26.0 Å². The van der Waals surface area contributed by atoms with E-state index in [0.717, 1.165) is 40.0 Å². The number of hydrogen-bond donors (Lipinski definition) is 4. The van der Waals surface area contributed by atoms with Crippen molar-refractivity contribution in [3.63, 3.8) is 0 Å². The summed E-state index contributed by atoms with van der Waals surface area (Å²) in [7, 11) is 1.89. The van der Waals surface area contributed by atoms with Gasteiger partial charge in [0.05, 0.1) is 16.7 Å². The minimum atomic E-state index is 0.633.